The minimum absolute atomic E-state index is 0. The molecule has 11 heteroatoms. The molecule has 0 saturated carbocycles. The van der Waals surface area contributed by atoms with Crippen molar-refractivity contribution in [2.24, 2.45) is 0 Å². The van der Waals surface area contributed by atoms with E-state index in [1.165, 1.54) is 0 Å². The molecule has 270 valence electrons. The number of aromatic amines is 2. The molecule has 0 fully saturated rings. The van der Waals surface area contributed by atoms with Gasteiger partial charge in [-0.2, -0.15) is 0 Å². The van der Waals surface area contributed by atoms with Crippen molar-refractivity contribution in [1.82, 2.24) is 19.9 Å². The van der Waals surface area contributed by atoms with Gasteiger partial charge < -0.3 is 20.9 Å². The third kappa shape index (κ3) is 7.68. The summed E-state index contributed by atoms with van der Waals surface area (Å²) in [6.45, 7) is 0. The van der Waals surface area contributed by atoms with Gasteiger partial charge in [0, 0.05) is 82.0 Å². The van der Waals surface area contributed by atoms with Crippen molar-refractivity contribution < 1.29 is 11.0 Å². The molecule has 0 saturated heterocycles. The van der Waals surface area contributed by atoms with Gasteiger partial charge in [0.05, 0.1) is 22.8 Å². The van der Waals surface area contributed by atoms with Gasteiger partial charge in [-0.25, -0.2) is 9.97 Å². The smallest absolute Gasteiger partial charge is 0.0738 e. The van der Waals surface area contributed by atoms with E-state index in [-0.39, 0.29) is 28.5 Å². The molecule has 7 aromatic rings. The molecule has 2 aliphatic heterocycles. The van der Waals surface area contributed by atoms with Crippen LogP contribution in [0.1, 0.15) is 22.8 Å². The first kappa shape index (κ1) is 39.8. The maximum Gasteiger partial charge on any atom is 0.0738 e. The van der Waals surface area contributed by atoms with Gasteiger partial charge in [0.25, 0.3) is 0 Å². The van der Waals surface area contributed by atoms with E-state index >= 15 is 0 Å². The van der Waals surface area contributed by atoms with Crippen LogP contribution in [0.2, 0.25) is 20.1 Å². The van der Waals surface area contributed by atoms with Crippen LogP contribution < -0.4 is 0 Å². The predicted octanol–water partition coefficient (Wildman–Crippen LogP) is 13.2. The zero-order chi connectivity index (χ0) is 35.3. The number of benzene rings is 4. The van der Waals surface area contributed by atoms with Crippen LogP contribution in [0.4, 0.5) is 0 Å². The average molecular weight is 859 g/mol. The maximum atomic E-state index is 6.37. The van der Waals surface area contributed by atoms with Crippen LogP contribution in [0.5, 0.6) is 0 Å². The minimum Gasteiger partial charge on any atom is -0.870 e. The Morgan fingerprint density at radius 1 is 0.309 bits per heavy atom. The summed E-state index contributed by atoms with van der Waals surface area (Å²) in [6, 6.07) is 39.8. The molecule has 5 heterocycles. The van der Waals surface area contributed by atoms with Gasteiger partial charge in [-0.15, -0.1) is 0 Å². The molecule has 6 nitrogen and oxygen atoms in total. The normalized spacial score (nSPS) is 11.4. The number of H-pyrrole nitrogens is 2. The first-order valence-electron chi connectivity index (χ1n) is 16.6. The summed E-state index contributed by atoms with van der Waals surface area (Å²) in [5.74, 6) is 0. The maximum absolute atomic E-state index is 6.37. The molecule has 0 amide bonds. The van der Waals surface area contributed by atoms with Crippen molar-refractivity contribution in [3.63, 3.8) is 0 Å². The number of fused-ring (bicyclic) bond motifs is 8. The van der Waals surface area contributed by atoms with E-state index in [2.05, 4.69) is 58.5 Å². The molecule has 8 bridgehead atoms. The molecule has 4 radical (unpaired) electrons. The molecule has 4 aromatic carbocycles. The van der Waals surface area contributed by atoms with Gasteiger partial charge in [0.1, 0.15) is 0 Å². The first-order valence-corrected chi connectivity index (χ1v) is 18.1. The summed E-state index contributed by atoms with van der Waals surface area (Å²) in [4.78, 5) is 18.1. The number of hydrogen-bond donors (Lipinski definition) is 2. The van der Waals surface area contributed by atoms with Gasteiger partial charge in [-0.3, -0.25) is 0 Å². The minimum atomic E-state index is 0. The second-order valence-corrected chi connectivity index (χ2v) is 14.3. The van der Waals surface area contributed by atoms with Crippen LogP contribution >= 0.6 is 46.4 Å². The fraction of sp³-hybridized carbons (Fsp3) is 0. The SMILES string of the molecule is Clc1ccc(-c2c3nc(c(-c4ccc(Cl)cc4)c4ccc([nH]4)c(-c4ccc(Cl)cc4)c4ccc([nH]4)c(-c4ccc(Cl)cc4)c4nc2C=C4)C=C3)cc1.[Ge].[OH-].[OH-]. The Morgan fingerprint density at radius 3 is 0.855 bits per heavy atom. The van der Waals surface area contributed by atoms with E-state index in [0.717, 1.165) is 89.4 Å². The largest absolute Gasteiger partial charge is 0.870 e. The van der Waals surface area contributed by atoms with Crippen LogP contribution in [-0.2, 0) is 0 Å². The van der Waals surface area contributed by atoms with E-state index in [1.54, 1.807) is 0 Å². The quantitative estimate of drug-likeness (QED) is 0.171. The number of hydrogen-bond acceptors (Lipinski definition) is 4. The third-order valence-corrected chi connectivity index (χ3v) is 10.3. The molecule has 9 rings (SSSR count). The monoisotopic (exact) mass is 858 g/mol. The van der Waals surface area contributed by atoms with Gasteiger partial charge >= 0.3 is 0 Å². The van der Waals surface area contributed by atoms with Gasteiger partial charge in [0.15, 0.2) is 0 Å². The van der Waals surface area contributed by atoms with Crippen molar-refractivity contribution >= 4 is 110 Å². The van der Waals surface area contributed by atoms with Crippen LogP contribution in [0.3, 0.4) is 0 Å². The summed E-state index contributed by atoms with van der Waals surface area (Å²) < 4.78 is 0. The Hall–Kier alpha value is -4.90. The molecule has 0 spiro atoms. The average Bonchev–Trinajstić information content (AvgIpc) is 3.99. The first-order chi connectivity index (χ1) is 25.4. The standard InChI is InChI=1S/C44H26Cl4N4.Ge.2H2O/c45-29-9-1-25(2-10-29)41-33-17-19-35(49-33)42(26-3-11-30(46)12-4-26)37-21-23-39(51-37)44(28-7-15-32(48)16-8-28)40-24-22-38(52-40)43(36-20-18-34(41)50-36)27-5-13-31(47)14-6-27;;;/h1-24,49-50H;;2*1H2/p-2. The summed E-state index contributed by atoms with van der Waals surface area (Å²) in [6.07, 6.45) is 8.22. The van der Waals surface area contributed by atoms with Crippen molar-refractivity contribution in [2.75, 3.05) is 0 Å². The molecular weight excluding hydrogens is 831 g/mol. The molecule has 4 N–H and O–H groups in total. The Labute approximate surface area is 347 Å². The zero-order valence-electron chi connectivity index (χ0n) is 28.7. The van der Waals surface area contributed by atoms with E-state index < -0.39 is 0 Å². The Kier molecular flexibility index (Phi) is 11.9. The van der Waals surface area contributed by atoms with E-state index in [9.17, 15) is 0 Å². The van der Waals surface area contributed by atoms with Gasteiger partial charge in [-0.05, 0) is 119 Å². The van der Waals surface area contributed by atoms with Gasteiger partial charge in [-0.1, -0.05) is 94.9 Å². The molecule has 3 aromatic heterocycles. The number of halogens is 4. The molecule has 0 aliphatic carbocycles. The van der Waals surface area contributed by atoms with E-state index in [1.807, 2.05) is 97.1 Å². The van der Waals surface area contributed by atoms with Crippen LogP contribution in [0.25, 0.3) is 90.9 Å². The number of nitrogens with one attached hydrogen (secondary N) is 2. The van der Waals surface area contributed by atoms with Crippen molar-refractivity contribution in [2.45, 2.75) is 0 Å². The fourth-order valence-electron chi connectivity index (χ4n) is 6.89. The topological polar surface area (TPSA) is 117 Å². The molecule has 0 atom stereocenters. The van der Waals surface area contributed by atoms with Crippen molar-refractivity contribution in [3.05, 3.63) is 164 Å². The van der Waals surface area contributed by atoms with Crippen molar-refractivity contribution in [1.29, 1.82) is 0 Å². The van der Waals surface area contributed by atoms with Crippen LogP contribution in [0.15, 0.2) is 121 Å². The Balaban J connectivity index is 0.00000171. The number of nitrogens with zero attached hydrogens (tertiary/aromatic N) is 2. The molecule has 55 heavy (non-hydrogen) atoms. The predicted molar refractivity (Wildman–Crippen MR) is 230 cm³/mol. The fourth-order valence-corrected chi connectivity index (χ4v) is 7.39. The summed E-state index contributed by atoms with van der Waals surface area (Å²) in [5, 5.41) is 2.64. The molecule has 2 aliphatic rings. The summed E-state index contributed by atoms with van der Waals surface area (Å²) in [5.41, 5.74) is 14.5. The second-order valence-electron chi connectivity index (χ2n) is 12.5. The summed E-state index contributed by atoms with van der Waals surface area (Å²) >= 11 is 25.5. The van der Waals surface area contributed by atoms with Crippen LogP contribution in [0, 0.1) is 0 Å². The van der Waals surface area contributed by atoms with E-state index in [4.69, 9.17) is 56.4 Å². The molecular formula is C44H28Cl4GeN4O2-2. The third-order valence-electron chi connectivity index (χ3n) is 9.29. The summed E-state index contributed by atoms with van der Waals surface area (Å²) in [7, 11) is 0. The van der Waals surface area contributed by atoms with Crippen LogP contribution in [-0.4, -0.2) is 48.5 Å². The number of rotatable bonds is 4. The van der Waals surface area contributed by atoms with Crippen molar-refractivity contribution in [3.8, 4) is 44.5 Å². The second kappa shape index (κ2) is 16.5. The van der Waals surface area contributed by atoms with Gasteiger partial charge in [0.2, 0.25) is 0 Å². The van der Waals surface area contributed by atoms with E-state index in [0.29, 0.717) is 20.1 Å². The number of aromatic nitrogens is 4. The zero-order valence-corrected chi connectivity index (χ0v) is 33.8. The molecule has 0 unspecified atom stereocenters. The Bertz CT molecular complexity index is 2620. The Morgan fingerprint density at radius 2 is 0.545 bits per heavy atom.